The second kappa shape index (κ2) is 52.2. The van der Waals surface area contributed by atoms with Crippen LogP contribution in [0.2, 0.25) is 0 Å². The summed E-state index contributed by atoms with van der Waals surface area (Å²) in [5.74, 6) is 1.69. The average Bonchev–Trinajstić information content (AvgIpc) is 3.30. The summed E-state index contributed by atoms with van der Waals surface area (Å²) < 4.78 is 16.9. The quantitative estimate of drug-likeness (QED) is 0.0343. The van der Waals surface area contributed by atoms with E-state index in [1.807, 2.05) is 0 Å². The van der Waals surface area contributed by atoms with Gasteiger partial charge < -0.3 is 14.2 Å². The highest BCUT2D eigenvalue weighted by atomic mass is 16.6. The Labute approximate surface area is 418 Å². The molecule has 0 heterocycles. The normalized spacial score (nSPS) is 12.5. The van der Waals surface area contributed by atoms with E-state index in [9.17, 15) is 14.4 Å². The van der Waals surface area contributed by atoms with Crippen molar-refractivity contribution in [2.24, 2.45) is 17.8 Å². The van der Waals surface area contributed by atoms with E-state index >= 15 is 0 Å². The van der Waals surface area contributed by atoms with Crippen molar-refractivity contribution in [1.82, 2.24) is 0 Å². The van der Waals surface area contributed by atoms with Gasteiger partial charge in [-0.3, -0.25) is 14.4 Å². The molecule has 6 nitrogen and oxygen atoms in total. The molecule has 0 aromatic heterocycles. The van der Waals surface area contributed by atoms with Crippen LogP contribution in [-0.4, -0.2) is 37.2 Å². The van der Waals surface area contributed by atoms with Crippen molar-refractivity contribution >= 4 is 17.9 Å². The molecule has 1 unspecified atom stereocenters. The Morgan fingerprint density at radius 2 is 0.522 bits per heavy atom. The summed E-state index contributed by atoms with van der Waals surface area (Å²) in [5.41, 5.74) is 0. The third-order valence-electron chi connectivity index (χ3n) is 14.3. The minimum Gasteiger partial charge on any atom is -0.462 e. The number of carbonyl (C=O) groups excluding carboxylic acids is 3. The summed E-state index contributed by atoms with van der Waals surface area (Å²) in [7, 11) is 0. The van der Waals surface area contributed by atoms with Gasteiger partial charge in [-0.05, 0) is 37.0 Å². The lowest BCUT2D eigenvalue weighted by molar-refractivity contribution is -0.167. The molecule has 0 fully saturated rings. The second-order valence-electron chi connectivity index (χ2n) is 22.2. The lowest BCUT2D eigenvalue weighted by Gasteiger charge is -2.18. The Bertz CT molecular complexity index is 1040. The van der Waals surface area contributed by atoms with Crippen molar-refractivity contribution in [3.8, 4) is 0 Å². The number of unbranched alkanes of at least 4 members (excludes halogenated alkanes) is 36. The lowest BCUT2D eigenvalue weighted by atomic mass is 9.99. The molecular weight excluding hydrogens is 829 g/mol. The van der Waals surface area contributed by atoms with Crippen molar-refractivity contribution in [1.29, 1.82) is 0 Å². The number of hydrogen-bond donors (Lipinski definition) is 0. The molecule has 67 heavy (non-hydrogen) atoms. The minimum atomic E-state index is -0.764. The fraction of sp³-hybridized carbons (Fsp3) is 0.951. The summed E-state index contributed by atoms with van der Waals surface area (Å²) in [6.45, 7) is 13.8. The smallest absolute Gasteiger partial charge is 0.306 e. The molecule has 6 heteroatoms. The fourth-order valence-electron chi connectivity index (χ4n) is 9.32. The summed E-state index contributed by atoms with van der Waals surface area (Å²) in [4.78, 5) is 38.1. The van der Waals surface area contributed by atoms with Crippen LogP contribution in [0, 0.1) is 17.8 Å². The van der Waals surface area contributed by atoms with E-state index in [1.54, 1.807) is 0 Å². The Hall–Kier alpha value is -1.59. The molecule has 0 spiro atoms. The zero-order valence-corrected chi connectivity index (χ0v) is 46.2. The zero-order valence-electron chi connectivity index (χ0n) is 46.2. The van der Waals surface area contributed by atoms with Gasteiger partial charge in [0, 0.05) is 19.3 Å². The molecule has 2 atom stereocenters. The molecule has 0 bridgehead atoms. The fourth-order valence-corrected chi connectivity index (χ4v) is 9.32. The van der Waals surface area contributed by atoms with E-state index in [4.69, 9.17) is 14.2 Å². The summed E-state index contributed by atoms with van der Waals surface area (Å²) in [6.07, 6.45) is 55.3. The highest BCUT2D eigenvalue weighted by Gasteiger charge is 2.19. The summed E-state index contributed by atoms with van der Waals surface area (Å²) in [6, 6.07) is 0. The van der Waals surface area contributed by atoms with Crippen LogP contribution in [0.25, 0.3) is 0 Å². The van der Waals surface area contributed by atoms with E-state index < -0.39 is 6.10 Å². The van der Waals surface area contributed by atoms with Crippen LogP contribution in [0.4, 0.5) is 0 Å². The molecule has 0 N–H and O–H groups in total. The largest absolute Gasteiger partial charge is 0.462 e. The Morgan fingerprint density at radius 3 is 0.776 bits per heavy atom. The van der Waals surface area contributed by atoms with Crippen molar-refractivity contribution in [2.45, 2.75) is 343 Å². The van der Waals surface area contributed by atoms with Gasteiger partial charge in [0.25, 0.3) is 0 Å². The van der Waals surface area contributed by atoms with E-state index in [2.05, 4.69) is 41.5 Å². The SMILES string of the molecule is CCC(C)CCCCCCCCCCCCCCCCC(=O)O[C@H](COC(=O)CCCCCCCCCCCCCCCCCCCCC(C)C)COC(=O)CCCCCCCCCC(C)C. The third kappa shape index (κ3) is 53.6. The maximum atomic E-state index is 12.9. The maximum absolute atomic E-state index is 12.9. The van der Waals surface area contributed by atoms with Crippen molar-refractivity contribution < 1.29 is 28.6 Å². The van der Waals surface area contributed by atoms with Gasteiger partial charge in [0.05, 0.1) is 0 Å². The topological polar surface area (TPSA) is 78.9 Å². The predicted molar refractivity (Wildman–Crippen MR) is 289 cm³/mol. The first kappa shape index (κ1) is 65.4. The molecule has 0 aromatic carbocycles. The van der Waals surface area contributed by atoms with Crippen molar-refractivity contribution in [3.63, 3.8) is 0 Å². The van der Waals surface area contributed by atoms with Gasteiger partial charge in [-0.15, -0.1) is 0 Å². The van der Waals surface area contributed by atoms with Gasteiger partial charge in [-0.25, -0.2) is 0 Å². The van der Waals surface area contributed by atoms with Crippen LogP contribution >= 0.6 is 0 Å². The first-order chi connectivity index (χ1) is 32.6. The van der Waals surface area contributed by atoms with Crippen LogP contribution < -0.4 is 0 Å². The highest BCUT2D eigenvalue weighted by Crippen LogP contribution is 2.19. The maximum Gasteiger partial charge on any atom is 0.306 e. The van der Waals surface area contributed by atoms with Crippen LogP contribution in [-0.2, 0) is 28.6 Å². The van der Waals surface area contributed by atoms with E-state index in [0.717, 1.165) is 75.5 Å². The highest BCUT2D eigenvalue weighted by molar-refractivity contribution is 5.71. The molecule has 0 aliphatic carbocycles. The molecule has 0 saturated heterocycles. The first-order valence-corrected chi connectivity index (χ1v) is 30.1. The standard InChI is InChI=1S/C61H118O6/c1-7-57(6)49-43-37-31-25-21-17-14-15-19-23-27-33-40-46-52-61(64)67-58(54-66-60(63)51-45-39-34-28-30-36-42-48-56(4)5)53-65-59(62)50-44-38-32-26-22-18-13-11-9-8-10-12-16-20-24-29-35-41-47-55(2)3/h55-58H,7-54H2,1-6H3/t57?,58-/m1/s1. The lowest BCUT2D eigenvalue weighted by Crippen LogP contribution is -2.30. The van der Waals surface area contributed by atoms with Crippen molar-refractivity contribution in [3.05, 3.63) is 0 Å². The summed E-state index contributed by atoms with van der Waals surface area (Å²) >= 11 is 0. The number of ether oxygens (including phenoxy) is 3. The molecule has 0 aliphatic rings. The monoisotopic (exact) mass is 947 g/mol. The van der Waals surface area contributed by atoms with Crippen LogP contribution in [0.1, 0.15) is 337 Å². The summed E-state index contributed by atoms with van der Waals surface area (Å²) in [5, 5.41) is 0. The zero-order chi connectivity index (χ0) is 49.1. The number of rotatable bonds is 54. The molecular formula is C61H118O6. The van der Waals surface area contributed by atoms with Gasteiger partial charge in [-0.1, -0.05) is 298 Å². The molecule has 0 radical (unpaired) electrons. The molecule has 0 rings (SSSR count). The predicted octanol–water partition coefficient (Wildman–Crippen LogP) is 19.9. The third-order valence-corrected chi connectivity index (χ3v) is 14.3. The van der Waals surface area contributed by atoms with Crippen LogP contribution in [0.5, 0.6) is 0 Å². The Morgan fingerprint density at radius 1 is 0.299 bits per heavy atom. The molecule has 0 aromatic rings. The molecule has 0 aliphatic heterocycles. The van der Waals surface area contributed by atoms with E-state index in [1.165, 1.54) is 218 Å². The number of hydrogen-bond acceptors (Lipinski definition) is 6. The molecule has 398 valence electrons. The van der Waals surface area contributed by atoms with Crippen LogP contribution in [0.15, 0.2) is 0 Å². The molecule has 0 amide bonds. The average molecular weight is 948 g/mol. The van der Waals surface area contributed by atoms with Gasteiger partial charge in [0.15, 0.2) is 6.10 Å². The van der Waals surface area contributed by atoms with Gasteiger partial charge in [0.2, 0.25) is 0 Å². The first-order valence-electron chi connectivity index (χ1n) is 30.1. The van der Waals surface area contributed by atoms with Gasteiger partial charge in [-0.2, -0.15) is 0 Å². The Balaban J connectivity index is 4.21. The van der Waals surface area contributed by atoms with E-state index in [-0.39, 0.29) is 31.1 Å². The van der Waals surface area contributed by atoms with Crippen LogP contribution in [0.3, 0.4) is 0 Å². The van der Waals surface area contributed by atoms with E-state index in [0.29, 0.717) is 19.3 Å². The minimum absolute atomic E-state index is 0.0638. The Kier molecular flexibility index (Phi) is 51.0. The van der Waals surface area contributed by atoms with Gasteiger partial charge >= 0.3 is 17.9 Å². The van der Waals surface area contributed by atoms with Gasteiger partial charge in [0.1, 0.15) is 13.2 Å². The van der Waals surface area contributed by atoms with Crippen molar-refractivity contribution in [2.75, 3.05) is 13.2 Å². The molecule has 0 saturated carbocycles. The number of carbonyl (C=O) groups is 3. The second-order valence-corrected chi connectivity index (χ2v) is 22.2. The number of esters is 3.